The summed E-state index contributed by atoms with van der Waals surface area (Å²) in [6.45, 7) is 2.51. The smallest absolute Gasteiger partial charge is 0.159 e. The van der Waals surface area contributed by atoms with E-state index in [0.717, 1.165) is 18.3 Å². The Morgan fingerprint density at radius 2 is 2.00 bits per heavy atom. The van der Waals surface area contributed by atoms with Crippen molar-refractivity contribution in [2.24, 2.45) is 35.0 Å². The molecular weight excluding hydrogens is 248 g/mol. The van der Waals surface area contributed by atoms with Gasteiger partial charge < -0.3 is 5.11 Å². The van der Waals surface area contributed by atoms with Crippen molar-refractivity contribution in [1.29, 1.82) is 0 Å². The van der Waals surface area contributed by atoms with E-state index in [0.29, 0.717) is 35.3 Å². The van der Waals surface area contributed by atoms with Crippen LogP contribution in [0.15, 0.2) is 11.8 Å². The molecular formula is C18H26O2. The van der Waals surface area contributed by atoms with Crippen LogP contribution in [-0.2, 0) is 4.79 Å². The molecule has 6 atom stereocenters. The molecule has 2 heteroatoms. The fourth-order valence-corrected chi connectivity index (χ4v) is 6.37. The van der Waals surface area contributed by atoms with E-state index in [2.05, 4.69) is 6.92 Å². The Morgan fingerprint density at radius 3 is 2.85 bits per heavy atom. The van der Waals surface area contributed by atoms with Crippen LogP contribution < -0.4 is 0 Å². The maximum atomic E-state index is 11.7. The number of carbonyl (C=O) groups excluding carboxylic acids is 1. The molecule has 4 aliphatic rings. The highest BCUT2D eigenvalue weighted by Gasteiger charge is 2.54. The predicted molar refractivity (Wildman–Crippen MR) is 78.2 cm³/mol. The van der Waals surface area contributed by atoms with Gasteiger partial charge in [-0.2, -0.15) is 0 Å². The van der Waals surface area contributed by atoms with E-state index in [9.17, 15) is 9.90 Å². The molecule has 0 bridgehead atoms. The standard InChI is InChI=1S/C18H26O2/c1-18-7-2-3-15(18)13-5-4-11-9-12(19)10-16(20)17(11)14(13)6-8-18/h10-11,13-15,17,20H,2-9H2,1H3/t11-,13+,14-,15-,17-,18-/m0/s1. The lowest BCUT2D eigenvalue weighted by Gasteiger charge is -2.53. The molecule has 0 saturated heterocycles. The minimum absolute atomic E-state index is 0.142. The highest BCUT2D eigenvalue weighted by Crippen LogP contribution is 2.62. The molecule has 1 N–H and O–H groups in total. The normalized spacial score (nSPS) is 51.0. The first-order valence-electron chi connectivity index (χ1n) is 8.52. The molecule has 0 unspecified atom stereocenters. The molecule has 4 aliphatic carbocycles. The topological polar surface area (TPSA) is 37.3 Å². The Kier molecular flexibility index (Phi) is 2.81. The van der Waals surface area contributed by atoms with Crippen molar-refractivity contribution in [3.8, 4) is 0 Å². The third kappa shape index (κ3) is 1.72. The van der Waals surface area contributed by atoms with Gasteiger partial charge in [-0.3, -0.25) is 4.79 Å². The first-order valence-corrected chi connectivity index (χ1v) is 8.52. The van der Waals surface area contributed by atoms with Gasteiger partial charge in [0.05, 0.1) is 5.76 Å². The number of hydrogen-bond acceptors (Lipinski definition) is 2. The van der Waals surface area contributed by atoms with E-state index >= 15 is 0 Å². The maximum Gasteiger partial charge on any atom is 0.159 e. The van der Waals surface area contributed by atoms with Crippen LogP contribution in [0.4, 0.5) is 0 Å². The SMILES string of the molecule is C[C@@]12CCC[C@H]1[C@@H]1CC[C@H]3CC(=O)C=C(O)[C@@H]3[C@H]1CC2. The molecule has 3 fully saturated rings. The average Bonchev–Trinajstić information content (AvgIpc) is 2.79. The molecule has 0 aromatic carbocycles. The van der Waals surface area contributed by atoms with Crippen molar-refractivity contribution in [3.05, 3.63) is 11.8 Å². The number of rotatable bonds is 0. The summed E-state index contributed by atoms with van der Waals surface area (Å²) in [5.41, 5.74) is 0.581. The Balaban J connectivity index is 1.66. The zero-order chi connectivity index (χ0) is 13.9. The van der Waals surface area contributed by atoms with Crippen molar-refractivity contribution in [3.63, 3.8) is 0 Å². The van der Waals surface area contributed by atoms with E-state index in [-0.39, 0.29) is 5.78 Å². The van der Waals surface area contributed by atoms with E-state index < -0.39 is 0 Å². The quantitative estimate of drug-likeness (QED) is 0.716. The molecule has 20 heavy (non-hydrogen) atoms. The zero-order valence-electron chi connectivity index (χ0n) is 12.5. The second-order valence-electron chi connectivity index (χ2n) is 8.12. The minimum atomic E-state index is 0.142. The summed E-state index contributed by atoms with van der Waals surface area (Å²) in [5, 5.41) is 10.4. The number of aliphatic hydroxyl groups is 1. The largest absolute Gasteiger partial charge is 0.512 e. The van der Waals surface area contributed by atoms with E-state index in [1.807, 2.05) is 0 Å². The molecule has 0 heterocycles. The summed E-state index contributed by atoms with van der Waals surface area (Å²) >= 11 is 0. The molecule has 0 aliphatic heterocycles. The van der Waals surface area contributed by atoms with E-state index in [1.54, 1.807) is 0 Å². The maximum absolute atomic E-state index is 11.7. The van der Waals surface area contributed by atoms with Gasteiger partial charge in [0.25, 0.3) is 0 Å². The van der Waals surface area contributed by atoms with Crippen LogP contribution in [0.25, 0.3) is 0 Å². The van der Waals surface area contributed by atoms with Crippen LogP contribution in [0.5, 0.6) is 0 Å². The molecule has 0 aromatic rings. The Morgan fingerprint density at radius 1 is 1.15 bits per heavy atom. The van der Waals surface area contributed by atoms with Crippen molar-refractivity contribution in [2.75, 3.05) is 0 Å². The number of hydrogen-bond donors (Lipinski definition) is 1. The minimum Gasteiger partial charge on any atom is -0.512 e. The highest BCUT2D eigenvalue weighted by atomic mass is 16.3. The lowest BCUT2D eigenvalue weighted by Crippen LogP contribution is -2.47. The lowest BCUT2D eigenvalue weighted by molar-refractivity contribution is -0.119. The first-order chi connectivity index (χ1) is 9.58. The van der Waals surface area contributed by atoms with Gasteiger partial charge >= 0.3 is 0 Å². The molecule has 0 aromatic heterocycles. The number of ketones is 1. The van der Waals surface area contributed by atoms with Crippen molar-refractivity contribution < 1.29 is 9.90 Å². The molecule has 4 rings (SSSR count). The third-order valence-electron chi connectivity index (χ3n) is 7.23. The lowest BCUT2D eigenvalue weighted by atomic mass is 9.51. The Labute approximate surface area is 121 Å². The number of aliphatic hydroxyl groups excluding tert-OH is 1. The molecule has 3 saturated carbocycles. The summed E-state index contributed by atoms with van der Waals surface area (Å²) in [7, 11) is 0. The van der Waals surface area contributed by atoms with E-state index in [1.165, 1.54) is 44.6 Å². The molecule has 0 amide bonds. The predicted octanol–water partition coefficient (Wildman–Crippen LogP) is 4.26. The number of allylic oxidation sites excluding steroid dienone is 2. The molecule has 2 nitrogen and oxygen atoms in total. The van der Waals surface area contributed by atoms with Crippen molar-refractivity contribution in [2.45, 2.75) is 58.3 Å². The molecule has 0 spiro atoms. The van der Waals surface area contributed by atoms with Gasteiger partial charge in [0.1, 0.15) is 0 Å². The summed E-state index contributed by atoms with van der Waals surface area (Å²) in [5.74, 6) is 3.63. The number of carbonyl (C=O) groups is 1. The van der Waals surface area contributed by atoms with Gasteiger partial charge in [0.15, 0.2) is 5.78 Å². The average molecular weight is 274 g/mol. The van der Waals surface area contributed by atoms with Gasteiger partial charge in [-0.25, -0.2) is 0 Å². The van der Waals surface area contributed by atoms with Gasteiger partial charge in [-0.1, -0.05) is 13.3 Å². The van der Waals surface area contributed by atoms with Crippen LogP contribution in [0.1, 0.15) is 58.3 Å². The van der Waals surface area contributed by atoms with Crippen LogP contribution >= 0.6 is 0 Å². The van der Waals surface area contributed by atoms with Gasteiger partial charge in [-0.15, -0.1) is 0 Å². The van der Waals surface area contributed by atoms with Crippen LogP contribution in [0.3, 0.4) is 0 Å². The highest BCUT2D eigenvalue weighted by molar-refractivity contribution is 5.91. The molecule has 0 radical (unpaired) electrons. The summed E-state index contributed by atoms with van der Waals surface area (Å²) in [4.78, 5) is 11.7. The Bertz CT molecular complexity index is 466. The number of fused-ring (bicyclic) bond motifs is 5. The van der Waals surface area contributed by atoms with Gasteiger partial charge in [-0.05, 0) is 67.6 Å². The molecule has 110 valence electrons. The Hall–Kier alpha value is -0.790. The fraction of sp³-hybridized carbons (Fsp3) is 0.833. The van der Waals surface area contributed by atoms with Crippen LogP contribution in [-0.4, -0.2) is 10.9 Å². The van der Waals surface area contributed by atoms with Crippen molar-refractivity contribution in [1.82, 2.24) is 0 Å². The van der Waals surface area contributed by atoms with Gasteiger partial charge in [0, 0.05) is 18.4 Å². The summed E-state index contributed by atoms with van der Waals surface area (Å²) in [6.07, 6.45) is 11.5. The first kappa shape index (κ1) is 12.9. The summed E-state index contributed by atoms with van der Waals surface area (Å²) < 4.78 is 0. The van der Waals surface area contributed by atoms with Crippen LogP contribution in [0.2, 0.25) is 0 Å². The second-order valence-corrected chi connectivity index (χ2v) is 8.12. The van der Waals surface area contributed by atoms with Crippen molar-refractivity contribution >= 4 is 5.78 Å². The van der Waals surface area contributed by atoms with E-state index in [4.69, 9.17) is 0 Å². The second kappa shape index (κ2) is 4.35. The summed E-state index contributed by atoms with van der Waals surface area (Å²) in [6, 6.07) is 0. The van der Waals surface area contributed by atoms with Gasteiger partial charge in [0.2, 0.25) is 0 Å². The third-order valence-corrected chi connectivity index (χ3v) is 7.23. The fourth-order valence-electron chi connectivity index (χ4n) is 6.37. The van der Waals surface area contributed by atoms with Crippen LogP contribution in [0, 0.1) is 35.0 Å². The monoisotopic (exact) mass is 274 g/mol. The zero-order valence-corrected chi connectivity index (χ0v) is 12.5.